The Morgan fingerprint density at radius 3 is 2.47 bits per heavy atom. The lowest BCUT2D eigenvalue weighted by atomic mass is 10.0. The number of halogens is 2. The molecule has 1 aromatic carbocycles. The van der Waals surface area contributed by atoms with Gasteiger partial charge in [0.25, 0.3) is 11.8 Å². The smallest absolute Gasteiger partial charge is 0.266 e. The van der Waals surface area contributed by atoms with E-state index in [-0.39, 0.29) is 18.5 Å². The molecule has 1 aliphatic heterocycles. The summed E-state index contributed by atoms with van der Waals surface area (Å²) in [5, 5.41) is 3.79. The lowest BCUT2D eigenvalue weighted by Gasteiger charge is -2.23. The van der Waals surface area contributed by atoms with Crippen LogP contribution in [-0.2, 0) is 0 Å². The van der Waals surface area contributed by atoms with E-state index in [0.29, 0.717) is 23.0 Å². The summed E-state index contributed by atoms with van der Waals surface area (Å²) in [6.07, 6.45) is 4.18. The quantitative estimate of drug-likeness (QED) is 0.595. The summed E-state index contributed by atoms with van der Waals surface area (Å²) in [5.74, 6) is -2.46. The first kappa shape index (κ1) is 22.0. The predicted octanol–water partition coefficient (Wildman–Crippen LogP) is 3.20. The Balaban J connectivity index is 1.76. The number of pyridine rings is 1. The molecule has 0 aliphatic carbocycles. The first-order valence-electron chi connectivity index (χ1n) is 10.0. The van der Waals surface area contributed by atoms with E-state index in [9.17, 15) is 13.6 Å². The number of alkyl halides is 2. The fourth-order valence-electron chi connectivity index (χ4n) is 3.55. The number of carbonyl (C=O) groups is 1. The minimum Gasteiger partial charge on any atom is -0.349 e. The van der Waals surface area contributed by atoms with Crippen molar-refractivity contribution in [1.82, 2.24) is 15.0 Å². The maximum Gasteiger partial charge on any atom is 0.266 e. The largest absolute Gasteiger partial charge is 0.349 e. The first-order chi connectivity index (χ1) is 15.2. The van der Waals surface area contributed by atoms with Crippen LogP contribution in [0.25, 0.3) is 11.1 Å². The SMILES string of the molecule is CN(C)c1ncc(C(=O)Nc2c(-c3ccccc3P)ccnc2N2CCC(F)(F)C2)cn1. The van der Waals surface area contributed by atoms with E-state index in [1.54, 1.807) is 31.3 Å². The molecular formula is C22H23F2N6OP. The van der Waals surface area contributed by atoms with Gasteiger partial charge < -0.3 is 15.1 Å². The standard InChI is InChI=1S/C22H23F2N6OP/c1-29(2)21-26-11-14(12-27-21)20(31)28-18-16(15-5-3-4-6-17(15)32)7-9-25-19(18)30-10-8-22(23,24)13-30/h3-7,9,11-12H,8,10,13,32H2,1-2H3,(H,28,31). The van der Waals surface area contributed by atoms with Gasteiger partial charge in [-0.2, -0.15) is 0 Å². The van der Waals surface area contributed by atoms with Crippen LogP contribution < -0.4 is 20.4 Å². The van der Waals surface area contributed by atoms with Crippen molar-refractivity contribution in [3.8, 4) is 11.1 Å². The Labute approximate surface area is 187 Å². The highest BCUT2D eigenvalue weighted by molar-refractivity contribution is 7.28. The highest BCUT2D eigenvalue weighted by Gasteiger charge is 2.40. The van der Waals surface area contributed by atoms with Gasteiger partial charge in [0.05, 0.1) is 17.8 Å². The Bertz CT molecular complexity index is 1140. The molecule has 166 valence electrons. The second-order valence-electron chi connectivity index (χ2n) is 7.79. The van der Waals surface area contributed by atoms with Crippen LogP contribution in [-0.4, -0.2) is 54.0 Å². The van der Waals surface area contributed by atoms with Gasteiger partial charge in [0.15, 0.2) is 5.82 Å². The molecule has 1 atom stereocenters. The molecular weight excluding hydrogens is 433 g/mol. The van der Waals surface area contributed by atoms with Crippen LogP contribution in [0, 0.1) is 0 Å². The van der Waals surface area contributed by atoms with Crippen LogP contribution in [0.5, 0.6) is 0 Å². The molecule has 0 radical (unpaired) electrons. The molecule has 1 aliphatic rings. The van der Waals surface area contributed by atoms with Crippen LogP contribution in [0.1, 0.15) is 16.8 Å². The van der Waals surface area contributed by atoms with Crippen molar-refractivity contribution >= 4 is 37.9 Å². The van der Waals surface area contributed by atoms with Crippen molar-refractivity contribution in [3.63, 3.8) is 0 Å². The molecule has 2 aromatic heterocycles. The maximum absolute atomic E-state index is 13.9. The summed E-state index contributed by atoms with van der Waals surface area (Å²) in [7, 11) is 6.26. The van der Waals surface area contributed by atoms with Crippen molar-refractivity contribution in [2.75, 3.05) is 42.3 Å². The van der Waals surface area contributed by atoms with E-state index in [1.807, 2.05) is 24.3 Å². The third-order valence-electron chi connectivity index (χ3n) is 5.19. The molecule has 3 aromatic rings. The van der Waals surface area contributed by atoms with E-state index in [1.165, 1.54) is 17.3 Å². The van der Waals surface area contributed by atoms with E-state index >= 15 is 0 Å². The molecule has 0 spiro atoms. The van der Waals surface area contributed by atoms with Gasteiger partial charge in [-0.15, -0.1) is 9.24 Å². The van der Waals surface area contributed by atoms with Gasteiger partial charge in [0.1, 0.15) is 0 Å². The molecule has 4 rings (SSSR count). The maximum atomic E-state index is 13.9. The Morgan fingerprint density at radius 2 is 1.84 bits per heavy atom. The topological polar surface area (TPSA) is 74.2 Å². The number of rotatable bonds is 5. The number of carbonyl (C=O) groups excluding carboxylic acids is 1. The fourth-order valence-corrected chi connectivity index (χ4v) is 3.92. The average Bonchev–Trinajstić information content (AvgIpc) is 3.14. The predicted molar refractivity (Wildman–Crippen MR) is 125 cm³/mol. The molecule has 1 N–H and O–H groups in total. The van der Waals surface area contributed by atoms with Crippen LogP contribution >= 0.6 is 9.24 Å². The highest BCUT2D eigenvalue weighted by atomic mass is 31.0. The van der Waals surface area contributed by atoms with Gasteiger partial charge >= 0.3 is 0 Å². The summed E-state index contributed by atoms with van der Waals surface area (Å²) in [6.45, 7) is -0.301. The van der Waals surface area contributed by atoms with E-state index in [0.717, 1.165) is 10.9 Å². The highest BCUT2D eigenvalue weighted by Crippen LogP contribution is 2.38. The second-order valence-corrected chi connectivity index (χ2v) is 8.41. The normalized spacial score (nSPS) is 15.0. The summed E-state index contributed by atoms with van der Waals surface area (Å²) >= 11 is 0. The lowest BCUT2D eigenvalue weighted by Crippen LogP contribution is -2.27. The van der Waals surface area contributed by atoms with Crippen molar-refractivity contribution in [2.45, 2.75) is 12.3 Å². The first-order valence-corrected chi connectivity index (χ1v) is 10.6. The molecule has 1 unspecified atom stereocenters. The summed E-state index contributed by atoms with van der Waals surface area (Å²) in [4.78, 5) is 29.0. The van der Waals surface area contributed by atoms with Gasteiger partial charge in [-0.1, -0.05) is 24.3 Å². The van der Waals surface area contributed by atoms with Gasteiger partial charge in [-0.3, -0.25) is 4.79 Å². The van der Waals surface area contributed by atoms with Crippen molar-refractivity contribution in [1.29, 1.82) is 0 Å². The van der Waals surface area contributed by atoms with E-state index < -0.39 is 18.4 Å². The van der Waals surface area contributed by atoms with E-state index in [2.05, 4.69) is 29.5 Å². The number of nitrogens with zero attached hydrogens (tertiary/aromatic N) is 5. The van der Waals surface area contributed by atoms with Crippen LogP contribution in [0.4, 0.5) is 26.2 Å². The zero-order valence-corrected chi connectivity index (χ0v) is 18.9. The van der Waals surface area contributed by atoms with Crippen LogP contribution in [0.15, 0.2) is 48.9 Å². The van der Waals surface area contributed by atoms with Crippen LogP contribution in [0.2, 0.25) is 0 Å². The Hall–Kier alpha value is -3.19. The van der Waals surface area contributed by atoms with Gasteiger partial charge in [-0.25, -0.2) is 23.7 Å². The van der Waals surface area contributed by atoms with Gasteiger partial charge in [0, 0.05) is 51.2 Å². The van der Waals surface area contributed by atoms with E-state index in [4.69, 9.17) is 0 Å². The molecule has 0 bridgehead atoms. The van der Waals surface area contributed by atoms with Crippen molar-refractivity contribution in [2.24, 2.45) is 0 Å². The second kappa shape index (κ2) is 8.74. The lowest BCUT2D eigenvalue weighted by molar-refractivity contribution is 0.0257. The molecule has 3 heterocycles. The number of amides is 1. The molecule has 10 heteroatoms. The van der Waals surface area contributed by atoms with Gasteiger partial charge in [-0.05, 0) is 16.9 Å². The third kappa shape index (κ3) is 4.53. The molecule has 1 saturated heterocycles. The minimum absolute atomic E-state index is 0.148. The number of hydrogen-bond acceptors (Lipinski definition) is 6. The number of hydrogen-bond donors (Lipinski definition) is 1. The van der Waals surface area contributed by atoms with Gasteiger partial charge in [0.2, 0.25) is 5.95 Å². The van der Waals surface area contributed by atoms with Crippen molar-refractivity contribution in [3.05, 3.63) is 54.5 Å². The Kier molecular flexibility index (Phi) is 6.02. The molecule has 1 amide bonds. The zero-order valence-electron chi connectivity index (χ0n) is 17.7. The molecule has 1 fully saturated rings. The number of aromatic nitrogens is 3. The molecule has 32 heavy (non-hydrogen) atoms. The Morgan fingerprint density at radius 1 is 1.12 bits per heavy atom. The summed E-state index contributed by atoms with van der Waals surface area (Å²) in [5.41, 5.74) is 2.17. The fraction of sp³-hybridized carbons (Fsp3) is 0.273. The third-order valence-corrected chi connectivity index (χ3v) is 5.69. The average molecular weight is 456 g/mol. The number of anilines is 3. The number of benzene rings is 1. The zero-order chi connectivity index (χ0) is 22.9. The minimum atomic E-state index is -2.80. The van der Waals surface area contributed by atoms with Crippen LogP contribution in [0.3, 0.4) is 0 Å². The summed E-state index contributed by atoms with van der Waals surface area (Å²) < 4.78 is 27.9. The summed E-state index contributed by atoms with van der Waals surface area (Å²) in [6, 6.07) is 9.37. The molecule has 0 saturated carbocycles. The monoisotopic (exact) mass is 456 g/mol. The number of nitrogens with one attached hydrogen (secondary N) is 1. The molecule has 7 nitrogen and oxygen atoms in total. The van der Waals surface area contributed by atoms with Crippen molar-refractivity contribution < 1.29 is 13.6 Å².